The molecule has 0 N–H and O–H groups in total. The Balaban J connectivity index is 1.96. The van der Waals surface area contributed by atoms with Gasteiger partial charge in [-0.05, 0) is 32.0 Å². The van der Waals surface area contributed by atoms with Crippen molar-refractivity contribution in [1.29, 1.82) is 0 Å². The fourth-order valence-electron chi connectivity index (χ4n) is 3.11. The zero-order chi connectivity index (χ0) is 14.0. The monoisotopic (exact) mass is 261 g/mol. The summed E-state index contributed by atoms with van der Waals surface area (Å²) in [4.78, 5) is 2.55. The Bertz CT molecular complexity index is 427. The lowest BCUT2D eigenvalue weighted by Crippen LogP contribution is -2.50. The normalized spacial score (nSPS) is 19.9. The van der Waals surface area contributed by atoms with Crippen molar-refractivity contribution in [2.24, 2.45) is 0 Å². The molecular weight excluding hydrogens is 232 g/mol. The molecule has 0 saturated carbocycles. The van der Waals surface area contributed by atoms with Crippen molar-refractivity contribution in [3.63, 3.8) is 0 Å². The van der Waals surface area contributed by atoms with Crippen LogP contribution >= 0.6 is 0 Å². The molecule has 0 atom stereocenters. The number of hydrogen-bond donors (Lipinski definition) is 0. The molecule has 0 radical (unpaired) electrons. The number of benzene rings is 1. The van der Waals surface area contributed by atoms with Crippen LogP contribution in [0.15, 0.2) is 18.2 Å². The lowest BCUT2D eigenvalue weighted by molar-refractivity contribution is -0.895. The fourth-order valence-corrected chi connectivity index (χ4v) is 3.11. The standard InChI is InChI=1S/C17H29N2/c1-14-6-7-16(15(2)12-14)13-18(3)17-8-10-19(4,5)11-9-17/h6-7,12,17H,8-11,13H2,1-5H3/q+1. The summed E-state index contributed by atoms with van der Waals surface area (Å²) in [5.41, 5.74) is 4.27. The average molecular weight is 261 g/mol. The number of piperidine rings is 1. The topological polar surface area (TPSA) is 3.24 Å². The molecule has 1 heterocycles. The van der Waals surface area contributed by atoms with E-state index in [1.807, 2.05) is 0 Å². The van der Waals surface area contributed by atoms with Gasteiger partial charge in [0.2, 0.25) is 0 Å². The number of likely N-dealkylation sites (tertiary alicyclic amines) is 1. The first-order valence-corrected chi connectivity index (χ1v) is 7.46. The highest BCUT2D eigenvalue weighted by Crippen LogP contribution is 2.21. The molecule has 19 heavy (non-hydrogen) atoms. The number of quaternary nitrogens is 1. The lowest BCUT2D eigenvalue weighted by Gasteiger charge is -2.40. The molecule has 1 aliphatic heterocycles. The molecule has 106 valence electrons. The first kappa shape index (κ1) is 14.5. The third kappa shape index (κ3) is 3.80. The maximum atomic E-state index is 2.55. The van der Waals surface area contributed by atoms with Crippen LogP contribution in [-0.4, -0.2) is 49.7 Å². The van der Waals surface area contributed by atoms with Gasteiger partial charge in [0.05, 0.1) is 27.2 Å². The van der Waals surface area contributed by atoms with Gasteiger partial charge in [0.1, 0.15) is 0 Å². The second-order valence-electron chi connectivity index (χ2n) is 6.96. The highest BCUT2D eigenvalue weighted by molar-refractivity contribution is 5.30. The van der Waals surface area contributed by atoms with Gasteiger partial charge >= 0.3 is 0 Å². The van der Waals surface area contributed by atoms with E-state index in [9.17, 15) is 0 Å². The van der Waals surface area contributed by atoms with Gasteiger partial charge in [-0.1, -0.05) is 23.8 Å². The van der Waals surface area contributed by atoms with Crippen LogP contribution in [0.2, 0.25) is 0 Å². The second kappa shape index (κ2) is 5.64. The Morgan fingerprint density at radius 2 is 1.79 bits per heavy atom. The van der Waals surface area contributed by atoms with Crippen LogP contribution in [0, 0.1) is 13.8 Å². The van der Waals surface area contributed by atoms with Crippen molar-refractivity contribution in [1.82, 2.24) is 4.90 Å². The number of aryl methyl sites for hydroxylation is 2. The van der Waals surface area contributed by atoms with Crippen LogP contribution in [0.25, 0.3) is 0 Å². The molecule has 1 aromatic rings. The summed E-state index contributed by atoms with van der Waals surface area (Å²) in [6, 6.07) is 7.58. The average Bonchev–Trinajstić information content (AvgIpc) is 2.32. The van der Waals surface area contributed by atoms with Crippen LogP contribution in [-0.2, 0) is 6.54 Å². The zero-order valence-electron chi connectivity index (χ0n) is 13.2. The van der Waals surface area contributed by atoms with Crippen molar-refractivity contribution in [3.8, 4) is 0 Å². The van der Waals surface area contributed by atoms with Gasteiger partial charge < -0.3 is 4.48 Å². The molecule has 1 aliphatic rings. The van der Waals surface area contributed by atoms with Gasteiger partial charge in [-0.3, -0.25) is 4.90 Å². The van der Waals surface area contributed by atoms with Crippen molar-refractivity contribution in [3.05, 3.63) is 34.9 Å². The minimum Gasteiger partial charge on any atom is -0.328 e. The quantitative estimate of drug-likeness (QED) is 0.756. The summed E-state index contributed by atoms with van der Waals surface area (Å²) in [7, 11) is 6.98. The maximum Gasteiger partial charge on any atom is 0.0797 e. The highest BCUT2D eigenvalue weighted by atomic mass is 15.3. The molecule has 0 bridgehead atoms. The molecular formula is C17H29N2+. The number of hydrogen-bond acceptors (Lipinski definition) is 1. The zero-order valence-corrected chi connectivity index (χ0v) is 13.2. The van der Waals surface area contributed by atoms with Crippen molar-refractivity contribution in [2.45, 2.75) is 39.3 Å². The predicted octanol–water partition coefficient (Wildman–Crippen LogP) is 2.97. The van der Waals surface area contributed by atoms with Gasteiger partial charge in [-0.2, -0.15) is 0 Å². The van der Waals surface area contributed by atoms with Crippen LogP contribution in [0.5, 0.6) is 0 Å². The van der Waals surface area contributed by atoms with E-state index in [1.54, 1.807) is 0 Å². The van der Waals surface area contributed by atoms with Crippen molar-refractivity contribution < 1.29 is 4.48 Å². The first-order chi connectivity index (χ1) is 8.87. The Labute approximate surface area is 118 Å². The summed E-state index contributed by atoms with van der Waals surface area (Å²) in [6.45, 7) is 8.10. The molecule has 0 spiro atoms. The molecule has 2 rings (SSSR count). The summed E-state index contributed by atoms with van der Waals surface area (Å²) < 4.78 is 1.19. The van der Waals surface area contributed by atoms with Crippen molar-refractivity contribution in [2.75, 3.05) is 34.2 Å². The van der Waals surface area contributed by atoms with E-state index in [1.165, 1.54) is 47.1 Å². The van der Waals surface area contributed by atoms with E-state index in [4.69, 9.17) is 0 Å². The molecule has 0 aromatic heterocycles. The Morgan fingerprint density at radius 3 is 2.37 bits per heavy atom. The molecule has 0 amide bonds. The Morgan fingerprint density at radius 1 is 1.16 bits per heavy atom. The van der Waals surface area contributed by atoms with E-state index >= 15 is 0 Å². The summed E-state index contributed by atoms with van der Waals surface area (Å²) in [6.07, 6.45) is 2.66. The SMILES string of the molecule is Cc1ccc(CN(C)C2CC[N+](C)(C)CC2)c(C)c1. The molecule has 2 heteroatoms. The Kier molecular flexibility index (Phi) is 4.32. The Hall–Kier alpha value is -0.860. The number of nitrogens with zero attached hydrogens (tertiary/aromatic N) is 2. The third-order valence-corrected chi connectivity index (χ3v) is 4.68. The lowest BCUT2D eigenvalue weighted by atomic mass is 10.0. The first-order valence-electron chi connectivity index (χ1n) is 7.46. The minimum absolute atomic E-state index is 0.756. The third-order valence-electron chi connectivity index (χ3n) is 4.68. The van der Waals surface area contributed by atoms with Gasteiger partial charge in [0, 0.05) is 25.4 Å². The van der Waals surface area contributed by atoms with Gasteiger partial charge in [-0.15, -0.1) is 0 Å². The van der Waals surface area contributed by atoms with Crippen LogP contribution < -0.4 is 0 Å². The van der Waals surface area contributed by atoms with E-state index in [0.717, 1.165) is 12.6 Å². The molecule has 2 nitrogen and oxygen atoms in total. The molecule has 1 fully saturated rings. The highest BCUT2D eigenvalue weighted by Gasteiger charge is 2.28. The smallest absolute Gasteiger partial charge is 0.0797 e. The fraction of sp³-hybridized carbons (Fsp3) is 0.647. The van der Waals surface area contributed by atoms with Crippen LogP contribution in [0.4, 0.5) is 0 Å². The van der Waals surface area contributed by atoms with E-state index in [-0.39, 0.29) is 0 Å². The van der Waals surface area contributed by atoms with Gasteiger partial charge in [-0.25, -0.2) is 0 Å². The largest absolute Gasteiger partial charge is 0.328 e. The van der Waals surface area contributed by atoms with Gasteiger partial charge in [0.15, 0.2) is 0 Å². The maximum absolute atomic E-state index is 2.55. The minimum atomic E-state index is 0.756. The van der Waals surface area contributed by atoms with Crippen molar-refractivity contribution >= 4 is 0 Å². The summed E-state index contributed by atoms with van der Waals surface area (Å²) >= 11 is 0. The molecule has 1 saturated heterocycles. The molecule has 1 aromatic carbocycles. The van der Waals surface area contributed by atoms with Crippen LogP contribution in [0.3, 0.4) is 0 Å². The van der Waals surface area contributed by atoms with Crippen LogP contribution in [0.1, 0.15) is 29.5 Å². The number of rotatable bonds is 3. The van der Waals surface area contributed by atoms with Gasteiger partial charge in [0.25, 0.3) is 0 Å². The summed E-state index contributed by atoms with van der Waals surface area (Å²) in [5, 5.41) is 0. The molecule has 0 unspecified atom stereocenters. The van der Waals surface area contributed by atoms with E-state index in [2.05, 4.69) is 58.1 Å². The predicted molar refractivity (Wildman–Crippen MR) is 82.2 cm³/mol. The van der Waals surface area contributed by atoms with E-state index < -0.39 is 0 Å². The summed E-state index contributed by atoms with van der Waals surface area (Å²) in [5.74, 6) is 0. The van der Waals surface area contributed by atoms with E-state index in [0.29, 0.717) is 0 Å². The molecule has 0 aliphatic carbocycles. The second-order valence-corrected chi connectivity index (χ2v) is 6.96.